The fraction of sp³-hybridized carbons (Fsp3) is 0.231. The van der Waals surface area contributed by atoms with Gasteiger partial charge in [0.25, 0.3) is 0 Å². The molecule has 1 aromatic heterocycles. The molecule has 0 aliphatic heterocycles. The maximum absolute atomic E-state index is 11.6. The van der Waals surface area contributed by atoms with Crippen LogP contribution >= 0.6 is 22.6 Å². The number of benzene rings is 1. The first-order chi connectivity index (χ1) is 8.22. The molecule has 0 radical (unpaired) electrons. The normalized spacial score (nSPS) is 12.4. The molecule has 1 atom stereocenters. The molecule has 0 spiro atoms. The van der Waals surface area contributed by atoms with Crippen molar-refractivity contribution >= 4 is 39.5 Å². The SMILES string of the molecule is CCOC(=O)C(I)c1ccc2ccccc2n1. The van der Waals surface area contributed by atoms with Crippen LogP contribution in [0.25, 0.3) is 10.9 Å². The molecule has 0 aliphatic rings. The number of hydrogen-bond acceptors (Lipinski definition) is 3. The van der Waals surface area contributed by atoms with Crippen LogP contribution in [0.5, 0.6) is 0 Å². The predicted octanol–water partition coefficient (Wildman–Crippen LogP) is 3.27. The van der Waals surface area contributed by atoms with Crippen LogP contribution < -0.4 is 0 Å². The van der Waals surface area contributed by atoms with Gasteiger partial charge >= 0.3 is 5.97 Å². The summed E-state index contributed by atoms with van der Waals surface area (Å²) in [7, 11) is 0. The van der Waals surface area contributed by atoms with Crippen LogP contribution in [0.2, 0.25) is 0 Å². The maximum atomic E-state index is 11.6. The van der Waals surface area contributed by atoms with Gasteiger partial charge in [0.15, 0.2) is 3.92 Å². The molecule has 0 saturated heterocycles. The van der Waals surface area contributed by atoms with E-state index >= 15 is 0 Å². The van der Waals surface area contributed by atoms with Crippen molar-refractivity contribution in [3.05, 3.63) is 42.1 Å². The molecule has 3 nitrogen and oxygen atoms in total. The van der Waals surface area contributed by atoms with Crippen molar-refractivity contribution in [2.24, 2.45) is 0 Å². The number of para-hydroxylation sites is 1. The van der Waals surface area contributed by atoms with Crippen molar-refractivity contribution in [1.29, 1.82) is 0 Å². The number of halogens is 1. The van der Waals surface area contributed by atoms with Gasteiger partial charge in [0.1, 0.15) is 0 Å². The van der Waals surface area contributed by atoms with Gasteiger partial charge in [-0.25, -0.2) is 0 Å². The molecule has 0 aliphatic carbocycles. The van der Waals surface area contributed by atoms with Crippen LogP contribution in [0.1, 0.15) is 16.5 Å². The lowest BCUT2D eigenvalue weighted by Crippen LogP contribution is -2.11. The Hall–Kier alpha value is -1.17. The molecule has 1 aromatic carbocycles. The van der Waals surface area contributed by atoms with E-state index in [0.29, 0.717) is 6.61 Å². The van der Waals surface area contributed by atoms with Crippen LogP contribution in [0.4, 0.5) is 0 Å². The molecule has 17 heavy (non-hydrogen) atoms. The fourth-order valence-corrected chi connectivity index (χ4v) is 2.09. The number of ether oxygens (including phenoxy) is 1. The Morgan fingerprint density at radius 2 is 2.12 bits per heavy atom. The zero-order valence-corrected chi connectivity index (χ0v) is 11.5. The van der Waals surface area contributed by atoms with Gasteiger partial charge in [0.2, 0.25) is 0 Å². The van der Waals surface area contributed by atoms with Gasteiger partial charge in [-0.1, -0.05) is 46.9 Å². The van der Waals surface area contributed by atoms with Crippen LogP contribution in [-0.4, -0.2) is 17.6 Å². The van der Waals surface area contributed by atoms with Gasteiger partial charge in [-0.15, -0.1) is 0 Å². The van der Waals surface area contributed by atoms with Crippen LogP contribution in [-0.2, 0) is 9.53 Å². The number of rotatable bonds is 3. The maximum Gasteiger partial charge on any atom is 0.325 e. The molecule has 0 N–H and O–H groups in total. The summed E-state index contributed by atoms with van der Waals surface area (Å²) in [4.78, 5) is 16.1. The summed E-state index contributed by atoms with van der Waals surface area (Å²) in [5, 5.41) is 1.07. The van der Waals surface area contributed by atoms with Gasteiger partial charge in [-0.05, 0) is 19.1 Å². The molecule has 0 amide bonds. The van der Waals surface area contributed by atoms with E-state index in [1.807, 2.05) is 36.4 Å². The van der Waals surface area contributed by atoms with E-state index in [0.717, 1.165) is 16.6 Å². The number of pyridine rings is 1. The van der Waals surface area contributed by atoms with Crippen molar-refractivity contribution in [3.63, 3.8) is 0 Å². The lowest BCUT2D eigenvalue weighted by Gasteiger charge is -2.09. The number of hydrogen-bond donors (Lipinski definition) is 0. The third-order valence-corrected chi connectivity index (χ3v) is 3.52. The quantitative estimate of drug-likeness (QED) is 0.489. The number of esters is 1. The monoisotopic (exact) mass is 341 g/mol. The Balaban J connectivity index is 2.32. The summed E-state index contributed by atoms with van der Waals surface area (Å²) < 4.78 is 4.63. The van der Waals surface area contributed by atoms with Gasteiger partial charge in [-0.3, -0.25) is 9.78 Å². The minimum atomic E-state index is -0.350. The minimum absolute atomic E-state index is 0.240. The average Bonchev–Trinajstić information content (AvgIpc) is 2.37. The largest absolute Gasteiger partial charge is 0.465 e. The number of aromatic nitrogens is 1. The molecule has 2 rings (SSSR count). The Bertz CT molecular complexity index is 542. The highest BCUT2D eigenvalue weighted by atomic mass is 127. The highest BCUT2D eigenvalue weighted by molar-refractivity contribution is 14.1. The lowest BCUT2D eigenvalue weighted by molar-refractivity contribution is -0.142. The summed E-state index contributed by atoms with van der Waals surface area (Å²) >= 11 is 2.05. The fourth-order valence-electron chi connectivity index (χ4n) is 1.56. The van der Waals surface area contributed by atoms with Crippen molar-refractivity contribution in [3.8, 4) is 0 Å². The highest BCUT2D eigenvalue weighted by Gasteiger charge is 2.19. The molecule has 1 unspecified atom stereocenters. The molecular weight excluding hydrogens is 329 g/mol. The van der Waals surface area contributed by atoms with Crippen LogP contribution in [0, 0.1) is 0 Å². The number of fused-ring (bicyclic) bond motifs is 1. The summed E-state index contributed by atoms with van der Waals surface area (Å²) in [6.45, 7) is 2.20. The summed E-state index contributed by atoms with van der Waals surface area (Å²) in [6, 6.07) is 11.7. The van der Waals surface area contributed by atoms with Crippen LogP contribution in [0.3, 0.4) is 0 Å². The molecule has 0 fully saturated rings. The number of carbonyl (C=O) groups is 1. The summed E-state index contributed by atoms with van der Waals surface area (Å²) in [6.07, 6.45) is 0. The average molecular weight is 341 g/mol. The third-order valence-electron chi connectivity index (χ3n) is 2.37. The lowest BCUT2D eigenvalue weighted by atomic mass is 10.2. The van der Waals surface area contributed by atoms with Crippen molar-refractivity contribution in [2.75, 3.05) is 6.61 Å². The van der Waals surface area contributed by atoms with Crippen molar-refractivity contribution < 1.29 is 9.53 Å². The standard InChI is InChI=1S/C13H12INO2/c1-2-17-13(16)12(14)11-8-7-9-5-3-4-6-10(9)15-11/h3-8,12H,2H2,1H3. The zero-order chi connectivity index (χ0) is 12.3. The van der Waals surface area contributed by atoms with E-state index in [1.165, 1.54) is 0 Å². The van der Waals surface area contributed by atoms with E-state index in [1.54, 1.807) is 6.92 Å². The van der Waals surface area contributed by atoms with Gasteiger partial charge in [-0.2, -0.15) is 0 Å². The number of carbonyl (C=O) groups excluding carboxylic acids is 1. The topological polar surface area (TPSA) is 39.2 Å². The van der Waals surface area contributed by atoms with E-state index in [-0.39, 0.29) is 9.89 Å². The molecular formula is C13H12INO2. The number of alkyl halides is 1. The Kier molecular flexibility index (Phi) is 3.93. The molecule has 88 valence electrons. The Morgan fingerprint density at radius 3 is 2.88 bits per heavy atom. The second-order valence-corrected chi connectivity index (χ2v) is 4.79. The van der Waals surface area contributed by atoms with E-state index in [9.17, 15) is 4.79 Å². The van der Waals surface area contributed by atoms with Crippen molar-refractivity contribution in [1.82, 2.24) is 4.98 Å². The van der Waals surface area contributed by atoms with E-state index in [4.69, 9.17) is 4.74 Å². The molecule has 2 aromatic rings. The van der Waals surface area contributed by atoms with Gasteiger partial charge in [0.05, 0.1) is 17.8 Å². The minimum Gasteiger partial charge on any atom is -0.465 e. The number of nitrogens with zero attached hydrogens (tertiary/aromatic N) is 1. The predicted molar refractivity (Wildman–Crippen MR) is 75.1 cm³/mol. The van der Waals surface area contributed by atoms with E-state index in [2.05, 4.69) is 27.6 Å². The zero-order valence-electron chi connectivity index (χ0n) is 9.39. The summed E-state index contributed by atoms with van der Waals surface area (Å²) in [5.41, 5.74) is 1.64. The molecule has 1 heterocycles. The van der Waals surface area contributed by atoms with Gasteiger partial charge in [0, 0.05) is 5.39 Å². The molecule has 0 bridgehead atoms. The molecule has 4 heteroatoms. The first kappa shape index (κ1) is 12.3. The summed E-state index contributed by atoms with van der Waals surface area (Å²) in [5.74, 6) is -0.240. The van der Waals surface area contributed by atoms with E-state index < -0.39 is 0 Å². The molecule has 0 saturated carbocycles. The van der Waals surface area contributed by atoms with Gasteiger partial charge < -0.3 is 4.74 Å². The second-order valence-electron chi connectivity index (χ2n) is 3.54. The van der Waals surface area contributed by atoms with Crippen molar-refractivity contribution in [2.45, 2.75) is 10.8 Å². The third kappa shape index (κ3) is 2.74. The smallest absolute Gasteiger partial charge is 0.325 e. The van der Waals surface area contributed by atoms with Crippen LogP contribution in [0.15, 0.2) is 36.4 Å². The first-order valence-electron chi connectivity index (χ1n) is 5.38. The first-order valence-corrected chi connectivity index (χ1v) is 6.63. The Labute approximate surface area is 113 Å². The second kappa shape index (κ2) is 5.44. The Morgan fingerprint density at radius 1 is 1.35 bits per heavy atom. The highest BCUT2D eigenvalue weighted by Crippen LogP contribution is 2.25.